The minimum Gasteiger partial charge on any atom is -0.352 e. The Labute approximate surface area is 127 Å². The summed E-state index contributed by atoms with van der Waals surface area (Å²) in [7, 11) is -1.84. The maximum absolute atomic E-state index is 12.4. The van der Waals surface area contributed by atoms with E-state index >= 15 is 0 Å². The predicted molar refractivity (Wildman–Crippen MR) is 83.0 cm³/mol. The van der Waals surface area contributed by atoms with Gasteiger partial charge in [0.1, 0.15) is 4.90 Å². The van der Waals surface area contributed by atoms with E-state index < -0.39 is 10.0 Å². The summed E-state index contributed by atoms with van der Waals surface area (Å²) in [6, 6.07) is 7.02. The lowest BCUT2D eigenvalue weighted by Gasteiger charge is -2.09. The summed E-state index contributed by atoms with van der Waals surface area (Å²) in [5.41, 5.74) is 7.73. The molecule has 0 bridgehead atoms. The third-order valence-corrected chi connectivity index (χ3v) is 4.87. The van der Waals surface area contributed by atoms with Gasteiger partial charge in [-0.05, 0) is 30.7 Å². The van der Waals surface area contributed by atoms with Gasteiger partial charge in [0.25, 0.3) is 10.0 Å². The predicted octanol–water partition coefficient (Wildman–Crippen LogP) is 2.36. The molecule has 0 spiro atoms. The van der Waals surface area contributed by atoms with Gasteiger partial charge in [-0.2, -0.15) is 0 Å². The molecule has 20 heavy (non-hydrogen) atoms. The third kappa shape index (κ3) is 3.05. The van der Waals surface area contributed by atoms with Crippen molar-refractivity contribution in [1.29, 1.82) is 0 Å². The Bertz CT molecular complexity index is 738. The summed E-state index contributed by atoms with van der Waals surface area (Å²) < 4.78 is 29.9. The van der Waals surface area contributed by atoms with E-state index in [0.29, 0.717) is 12.2 Å². The number of anilines is 1. The quantitative estimate of drug-likeness (QED) is 0.881. The first-order valence-electron chi connectivity index (χ1n) is 5.98. The molecule has 108 valence electrons. The van der Waals surface area contributed by atoms with Gasteiger partial charge in [-0.15, -0.1) is 0 Å². The van der Waals surface area contributed by atoms with Gasteiger partial charge in [0, 0.05) is 30.0 Å². The summed E-state index contributed by atoms with van der Waals surface area (Å²) in [4.78, 5) is 0.208. The maximum atomic E-state index is 12.4. The summed E-state index contributed by atoms with van der Waals surface area (Å²) in [6.45, 7) is 2.14. The lowest BCUT2D eigenvalue weighted by atomic mass is 10.2. The molecule has 0 atom stereocenters. The minimum absolute atomic E-state index is 0.208. The average molecular weight is 358 g/mol. The molecule has 0 fully saturated rings. The number of benzene rings is 1. The summed E-state index contributed by atoms with van der Waals surface area (Å²) in [5.74, 6) is 0. The van der Waals surface area contributed by atoms with Crippen LogP contribution in [0.5, 0.6) is 0 Å². The molecule has 7 heteroatoms. The number of hydrogen-bond acceptors (Lipinski definition) is 3. The topological polar surface area (TPSA) is 77.1 Å². The summed E-state index contributed by atoms with van der Waals surface area (Å²) >= 11 is 3.33. The van der Waals surface area contributed by atoms with Crippen LogP contribution in [0, 0.1) is 6.92 Å². The van der Waals surface area contributed by atoms with Crippen molar-refractivity contribution in [3.8, 4) is 0 Å². The first-order chi connectivity index (χ1) is 9.33. The van der Waals surface area contributed by atoms with Crippen LogP contribution >= 0.6 is 15.9 Å². The Hall–Kier alpha value is -1.31. The number of halogens is 1. The molecule has 0 aliphatic rings. The van der Waals surface area contributed by atoms with E-state index in [0.717, 1.165) is 15.7 Å². The van der Waals surface area contributed by atoms with Gasteiger partial charge in [-0.1, -0.05) is 22.0 Å². The Morgan fingerprint density at radius 1 is 1.35 bits per heavy atom. The molecule has 5 nitrogen and oxygen atoms in total. The van der Waals surface area contributed by atoms with Crippen LogP contribution in [0.3, 0.4) is 0 Å². The van der Waals surface area contributed by atoms with Crippen LogP contribution in [0.25, 0.3) is 0 Å². The van der Waals surface area contributed by atoms with Gasteiger partial charge < -0.3 is 10.3 Å². The lowest BCUT2D eigenvalue weighted by molar-refractivity contribution is 0.601. The zero-order valence-electron chi connectivity index (χ0n) is 11.2. The van der Waals surface area contributed by atoms with Crippen molar-refractivity contribution in [3.63, 3.8) is 0 Å². The van der Waals surface area contributed by atoms with Crippen LogP contribution in [-0.4, -0.2) is 13.0 Å². The van der Waals surface area contributed by atoms with Gasteiger partial charge in [0.15, 0.2) is 0 Å². The maximum Gasteiger partial charge on any atom is 0.263 e. The molecule has 0 aliphatic heterocycles. The van der Waals surface area contributed by atoms with Gasteiger partial charge in [-0.25, -0.2) is 8.42 Å². The van der Waals surface area contributed by atoms with Crippen LogP contribution in [0.2, 0.25) is 0 Å². The molecule has 2 aromatic rings. The lowest BCUT2D eigenvalue weighted by Crippen LogP contribution is -2.13. The largest absolute Gasteiger partial charge is 0.352 e. The summed E-state index contributed by atoms with van der Waals surface area (Å²) in [6.07, 6.45) is 1.55. The highest BCUT2D eigenvalue weighted by molar-refractivity contribution is 9.10. The molecule has 0 saturated heterocycles. The molecular formula is C13H16BrN3O2S. The summed E-state index contributed by atoms with van der Waals surface area (Å²) in [5, 5.41) is 0. The minimum atomic E-state index is -3.61. The molecule has 0 aliphatic carbocycles. The highest BCUT2D eigenvalue weighted by Crippen LogP contribution is 2.24. The molecule has 0 radical (unpaired) electrons. The van der Waals surface area contributed by atoms with Gasteiger partial charge in [-0.3, -0.25) is 4.72 Å². The molecular weight excluding hydrogens is 342 g/mol. The number of nitrogens with two attached hydrogens (primary N) is 1. The Balaban J connectivity index is 2.37. The SMILES string of the molecule is Cc1ccc(Br)cc1NS(=O)(=O)c1cc(CN)n(C)c1. The van der Waals surface area contributed by atoms with Crippen molar-refractivity contribution in [2.75, 3.05) is 4.72 Å². The molecule has 3 N–H and O–H groups in total. The van der Waals surface area contributed by atoms with E-state index in [1.165, 1.54) is 0 Å². The van der Waals surface area contributed by atoms with Crippen molar-refractivity contribution in [2.24, 2.45) is 12.8 Å². The number of rotatable bonds is 4. The zero-order valence-corrected chi connectivity index (χ0v) is 13.6. The van der Waals surface area contributed by atoms with E-state index in [9.17, 15) is 8.42 Å². The molecule has 0 unspecified atom stereocenters. The molecule has 1 aromatic heterocycles. The fourth-order valence-corrected chi connectivity index (χ4v) is 3.41. The van der Waals surface area contributed by atoms with Crippen molar-refractivity contribution in [3.05, 3.63) is 46.2 Å². The number of sulfonamides is 1. The van der Waals surface area contributed by atoms with Crippen LogP contribution < -0.4 is 10.5 Å². The highest BCUT2D eigenvalue weighted by atomic mass is 79.9. The van der Waals surface area contributed by atoms with Gasteiger partial charge >= 0.3 is 0 Å². The first kappa shape index (κ1) is 15.1. The molecule has 1 heterocycles. The molecule has 1 aromatic carbocycles. The highest BCUT2D eigenvalue weighted by Gasteiger charge is 2.18. The van der Waals surface area contributed by atoms with E-state index in [2.05, 4.69) is 20.7 Å². The van der Waals surface area contributed by atoms with Crippen LogP contribution in [-0.2, 0) is 23.6 Å². The molecule has 2 rings (SSSR count). The van der Waals surface area contributed by atoms with Crippen molar-refractivity contribution in [1.82, 2.24) is 4.57 Å². The van der Waals surface area contributed by atoms with Gasteiger partial charge in [0.05, 0.1) is 5.69 Å². The van der Waals surface area contributed by atoms with Crippen LogP contribution in [0.15, 0.2) is 39.8 Å². The fraction of sp³-hybridized carbons (Fsp3) is 0.231. The second-order valence-electron chi connectivity index (χ2n) is 4.55. The van der Waals surface area contributed by atoms with Crippen LogP contribution in [0.4, 0.5) is 5.69 Å². The molecule has 0 amide bonds. The normalized spacial score (nSPS) is 11.6. The molecule has 0 saturated carbocycles. The monoisotopic (exact) mass is 357 g/mol. The number of nitrogens with one attached hydrogen (secondary N) is 1. The second-order valence-corrected chi connectivity index (χ2v) is 7.14. The van der Waals surface area contributed by atoms with E-state index in [4.69, 9.17) is 5.73 Å². The third-order valence-electron chi connectivity index (χ3n) is 3.05. The van der Waals surface area contributed by atoms with Crippen molar-refractivity contribution in [2.45, 2.75) is 18.4 Å². The fourth-order valence-electron chi connectivity index (χ4n) is 1.83. The van der Waals surface area contributed by atoms with Gasteiger partial charge in [0.2, 0.25) is 0 Å². The standard InChI is InChI=1S/C13H16BrN3O2S/c1-9-3-4-10(14)5-13(9)16-20(18,19)12-6-11(7-15)17(2)8-12/h3-6,8,16H,7,15H2,1-2H3. The van der Waals surface area contributed by atoms with Crippen LogP contribution in [0.1, 0.15) is 11.3 Å². The Morgan fingerprint density at radius 3 is 2.65 bits per heavy atom. The second kappa shape index (κ2) is 5.59. The zero-order chi connectivity index (χ0) is 14.9. The smallest absolute Gasteiger partial charge is 0.263 e. The number of nitrogens with zero attached hydrogens (tertiary/aromatic N) is 1. The number of hydrogen-bond donors (Lipinski definition) is 2. The Morgan fingerprint density at radius 2 is 2.05 bits per heavy atom. The van der Waals surface area contributed by atoms with E-state index in [1.807, 2.05) is 19.1 Å². The first-order valence-corrected chi connectivity index (χ1v) is 8.25. The number of aryl methyl sites for hydroxylation is 2. The Kier molecular flexibility index (Phi) is 4.22. The average Bonchev–Trinajstić information content (AvgIpc) is 2.76. The van der Waals surface area contributed by atoms with Crippen molar-refractivity contribution >= 4 is 31.6 Å². The van der Waals surface area contributed by atoms with E-state index in [-0.39, 0.29) is 4.90 Å². The van der Waals surface area contributed by atoms with E-state index in [1.54, 1.807) is 29.9 Å². The van der Waals surface area contributed by atoms with Crippen molar-refractivity contribution < 1.29 is 8.42 Å². The number of aromatic nitrogens is 1.